The third-order valence-electron chi connectivity index (χ3n) is 3.78. The standard InChI is InChI=1S/C16H19FN2O/c1-16(2)9-12(16)10-19-15(20)14-6-5-13(17)8-11(14)4-3-7-18/h5-6,8,12H,7,9-10,18H2,1-2H3,(H,19,20). The molecule has 3 nitrogen and oxygen atoms in total. The predicted molar refractivity (Wildman–Crippen MR) is 76.6 cm³/mol. The van der Waals surface area contributed by atoms with Gasteiger partial charge in [0.25, 0.3) is 5.91 Å². The number of amides is 1. The number of rotatable bonds is 3. The molecule has 1 unspecified atom stereocenters. The molecule has 20 heavy (non-hydrogen) atoms. The van der Waals surface area contributed by atoms with Crippen LogP contribution in [-0.2, 0) is 0 Å². The first kappa shape index (κ1) is 14.5. The Bertz CT molecular complexity index is 584. The van der Waals surface area contributed by atoms with E-state index in [0.717, 1.165) is 6.42 Å². The molecule has 3 N–H and O–H groups in total. The van der Waals surface area contributed by atoms with Gasteiger partial charge in [-0.15, -0.1) is 0 Å². The average molecular weight is 274 g/mol. The van der Waals surface area contributed by atoms with E-state index in [0.29, 0.717) is 29.0 Å². The van der Waals surface area contributed by atoms with Crippen LogP contribution in [0.25, 0.3) is 0 Å². The highest BCUT2D eigenvalue weighted by Gasteiger charge is 2.45. The van der Waals surface area contributed by atoms with E-state index in [1.54, 1.807) is 0 Å². The second-order valence-electron chi connectivity index (χ2n) is 5.80. The zero-order valence-electron chi connectivity index (χ0n) is 11.8. The number of hydrogen-bond donors (Lipinski definition) is 2. The molecular weight excluding hydrogens is 255 g/mol. The molecule has 0 heterocycles. The maximum absolute atomic E-state index is 13.2. The number of halogens is 1. The predicted octanol–water partition coefficient (Wildman–Crippen LogP) is 1.91. The van der Waals surface area contributed by atoms with E-state index in [-0.39, 0.29) is 12.5 Å². The van der Waals surface area contributed by atoms with Gasteiger partial charge in [-0.2, -0.15) is 0 Å². The van der Waals surface area contributed by atoms with Gasteiger partial charge in [-0.25, -0.2) is 4.39 Å². The largest absolute Gasteiger partial charge is 0.352 e. The molecule has 1 aliphatic rings. The molecule has 0 aromatic heterocycles. The first-order valence-corrected chi connectivity index (χ1v) is 6.71. The van der Waals surface area contributed by atoms with Crippen molar-refractivity contribution >= 4 is 5.91 Å². The number of nitrogens with one attached hydrogen (secondary N) is 1. The van der Waals surface area contributed by atoms with Crippen molar-refractivity contribution < 1.29 is 9.18 Å². The Morgan fingerprint density at radius 3 is 2.85 bits per heavy atom. The lowest BCUT2D eigenvalue weighted by Crippen LogP contribution is -2.27. The zero-order chi connectivity index (χ0) is 14.8. The fourth-order valence-electron chi connectivity index (χ4n) is 2.20. The van der Waals surface area contributed by atoms with Crippen LogP contribution in [0.3, 0.4) is 0 Å². The number of hydrogen-bond acceptors (Lipinski definition) is 2. The third-order valence-corrected chi connectivity index (χ3v) is 3.78. The summed E-state index contributed by atoms with van der Waals surface area (Å²) in [7, 11) is 0. The van der Waals surface area contributed by atoms with Crippen LogP contribution in [0, 0.1) is 29.0 Å². The van der Waals surface area contributed by atoms with E-state index in [9.17, 15) is 9.18 Å². The molecule has 0 aliphatic heterocycles. The van der Waals surface area contributed by atoms with Crippen molar-refractivity contribution in [2.75, 3.05) is 13.1 Å². The van der Waals surface area contributed by atoms with Crippen molar-refractivity contribution in [3.63, 3.8) is 0 Å². The summed E-state index contributed by atoms with van der Waals surface area (Å²) >= 11 is 0. The first-order valence-electron chi connectivity index (χ1n) is 6.71. The summed E-state index contributed by atoms with van der Waals surface area (Å²) in [5, 5.41) is 2.89. The minimum Gasteiger partial charge on any atom is -0.352 e. The molecule has 1 fully saturated rings. The lowest BCUT2D eigenvalue weighted by Gasteiger charge is -2.08. The molecule has 0 saturated heterocycles. The van der Waals surface area contributed by atoms with Gasteiger partial charge < -0.3 is 11.1 Å². The Hall–Kier alpha value is -1.86. The van der Waals surface area contributed by atoms with Crippen molar-refractivity contribution in [1.29, 1.82) is 0 Å². The van der Waals surface area contributed by atoms with Gasteiger partial charge in [0.2, 0.25) is 0 Å². The minimum atomic E-state index is -0.411. The normalized spacial score (nSPS) is 18.9. The number of benzene rings is 1. The van der Waals surface area contributed by atoms with E-state index in [2.05, 4.69) is 31.0 Å². The molecule has 106 valence electrons. The Morgan fingerprint density at radius 2 is 2.25 bits per heavy atom. The van der Waals surface area contributed by atoms with Crippen molar-refractivity contribution in [1.82, 2.24) is 5.32 Å². The van der Waals surface area contributed by atoms with Crippen LogP contribution in [-0.4, -0.2) is 19.0 Å². The highest BCUT2D eigenvalue weighted by atomic mass is 19.1. The van der Waals surface area contributed by atoms with Crippen LogP contribution < -0.4 is 11.1 Å². The summed E-state index contributed by atoms with van der Waals surface area (Å²) in [4.78, 5) is 12.2. The first-order chi connectivity index (χ1) is 9.44. The van der Waals surface area contributed by atoms with Crippen LogP contribution in [0.4, 0.5) is 4.39 Å². The second kappa shape index (κ2) is 5.64. The van der Waals surface area contributed by atoms with Gasteiger partial charge in [0.1, 0.15) is 5.82 Å². The van der Waals surface area contributed by atoms with Gasteiger partial charge in [0, 0.05) is 12.1 Å². The number of carbonyl (C=O) groups excluding carboxylic acids is 1. The van der Waals surface area contributed by atoms with Crippen LogP contribution in [0.1, 0.15) is 36.2 Å². The fourth-order valence-corrected chi connectivity index (χ4v) is 2.20. The van der Waals surface area contributed by atoms with E-state index < -0.39 is 5.82 Å². The van der Waals surface area contributed by atoms with Crippen molar-refractivity contribution in [3.8, 4) is 11.8 Å². The Kier molecular flexibility index (Phi) is 4.10. The monoisotopic (exact) mass is 274 g/mol. The highest BCUT2D eigenvalue weighted by Crippen LogP contribution is 2.50. The van der Waals surface area contributed by atoms with Crippen LogP contribution >= 0.6 is 0 Å². The molecule has 0 bridgehead atoms. The smallest absolute Gasteiger partial charge is 0.252 e. The SMILES string of the molecule is CC1(C)CC1CNC(=O)c1ccc(F)cc1C#CCN. The quantitative estimate of drug-likeness (QED) is 0.827. The molecule has 4 heteroatoms. The maximum Gasteiger partial charge on any atom is 0.252 e. The average Bonchev–Trinajstić information content (AvgIpc) is 3.01. The molecule has 1 aromatic rings. The van der Waals surface area contributed by atoms with Gasteiger partial charge >= 0.3 is 0 Å². The van der Waals surface area contributed by atoms with Crippen molar-refractivity contribution in [2.24, 2.45) is 17.1 Å². The molecule has 1 aromatic carbocycles. The van der Waals surface area contributed by atoms with Gasteiger partial charge in [-0.1, -0.05) is 25.7 Å². The van der Waals surface area contributed by atoms with Crippen molar-refractivity contribution in [3.05, 3.63) is 35.1 Å². The van der Waals surface area contributed by atoms with E-state index >= 15 is 0 Å². The van der Waals surface area contributed by atoms with Crippen molar-refractivity contribution in [2.45, 2.75) is 20.3 Å². The summed E-state index contributed by atoms with van der Waals surface area (Å²) in [5.74, 6) is 5.28. The van der Waals surface area contributed by atoms with Crippen LogP contribution in [0.5, 0.6) is 0 Å². The lowest BCUT2D eigenvalue weighted by atomic mass is 10.1. The highest BCUT2D eigenvalue weighted by molar-refractivity contribution is 5.96. The van der Waals surface area contributed by atoms with Crippen LogP contribution in [0.2, 0.25) is 0 Å². The molecule has 0 spiro atoms. The molecule has 1 atom stereocenters. The summed E-state index contributed by atoms with van der Waals surface area (Å²) in [6.07, 6.45) is 1.12. The lowest BCUT2D eigenvalue weighted by molar-refractivity contribution is 0.0950. The molecular formula is C16H19FN2O. The number of nitrogens with two attached hydrogens (primary N) is 1. The summed E-state index contributed by atoms with van der Waals surface area (Å²) < 4.78 is 13.2. The van der Waals surface area contributed by atoms with E-state index in [1.165, 1.54) is 18.2 Å². The van der Waals surface area contributed by atoms with Gasteiger partial charge in [0.15, 0.2) is 0 Å². The fraction of sp³-hybridized carbons (Fsp3) is 0.438. The van der Waals surface area contributed by atoms with E-state index in [1.807, 2.05) is 0 Å². The topological polar surface area (TPSA) is 55.1 Å². The number of carbonyl (C=O) groups is 1. The Morgan fingerprint density at radius 1 is 1.55 bits per heavy atom. The van der Waals surface area contributed by atoms with Crippen LogP contribution in [0.15, 0.2) is 18.2 Å². The molecule has 1 saturated carbocycles. The maximum atomic E-state index is 13.2. The Labute approximate surface area is 118 Å². The van der Waals surface area contributed by atoms with Gasteiger partial charge in [0.05, 0.1) is 12.1 Å². The summed E-state index contributed by atoms with van der Waals surface area (Å²) in [6, 6.07) is 3.99. The Balaban J connectivity index is 2.09. The molecule has 1 aliphatic carbocycles. The second-order valence-corrected chi connectivity index (χ2v) is 5.80. The molecule has 2 rings (SSSR count). The summed E-state index contributed by atoms with van der Waals surface area (Å²) in [6.45, 7) is 5.18. The zero-order valence-corrected chi connectivity index (χ0v) is 11.8. The van der Waals surface area contributed by atoms with Gasteiger partial charge in [-0.05, 0) is 36.0 Å². The molecule has 1 amide bonds. The third kappa shape index (κ3) is 3.37. The van der Waals surface area contributed by atoms with E-state index in [4.69, 9.17) is 5.73 Å². The van der Waals surface area contributed by atoms with Gasteiger partial charge in [-0.3, -0.25) is 4.79 Å². The summed E-state index contributed by atoms with van der Waals surface area (Å²) in [5.41, 5.74) is 6.40. The molecule has 0 radical (unpaired) electrons. The minimum absolute atomic E-state index is 0.174.